The predicted molar refractivity (Wildman–Crippen MR) is 92.9 cm³/mol. The van der Waals surface area contributed by atoms with E-state index in [0.29, 0.717) is 6.54 Å². The molecular formula is C19H30N2O2. The minimum Gasteiger partial charge on any atom is -0.600 e. The van der Waals surface area contributed by atoms with Gasteiger partial charge in [0.15, 0.2) is 0 Å². The minimum atomic E-state index is -0.674. The van der Waals surface area contributed by atoms with Crippen LogP contribution in [-0.2, 0) is 6.42 Å². The number of pyridine rings is 1. The van der Waals surface area contributed by atoms with Gasteiger partial charge in [0.25, 0.3) is 0 Å². The Bertz CT molecular complexity index is 438. The molecule has 0 aliphatic carbocycles. The molecular weight excluding hydrogens is 288 g/mol. The van der Waals surface area contributed by atoms with Crippen LogP contribution in [0.4, 0.5) is 0 Å². The van der Waals surface area contributed by atoms with Crippen molar-refractivity contribution < 1.29 is 10.4 Å². The van der Waals surface area contributed by atoms with Crippen LogP contribution in [0.15, 0.2) is 24.5 Å². The molecule has 0 saturated carbocycles. The fourth-order valence-electron chi connectivity index (χ4n) is 2.48. The first kappa shape index (κ1) is 19.6. The molecule has 23 heavy (non-hydrogen) atoms. The Kier molecular flexibility index (Phi) is 12.1. The van der Waals surface area contributed by atoms with E-state index in [9.17, 15) is 5.21 Å². The third kappa shape index (κ3) is 12.8. The number of hydroxylamine groups is 2. The van der Waals surface area contributed by atoms with Gasteiger partial charge in [-0.25, -0.2) is 10.4 Å². The van der Waals surface area contributed by atoms with Crippen LogP contribution in [0.2, 0.25) is 0 Å². The summed E-state index contributed by atoms with van der Waals surface area (Å²) in [6.45, 7) is 0.319. The Morgan fingerprint density at radius 1 is 0.957 bits per heavy atom. The Labute approximate surface area is 140 Å². The van der Waals surface area contributed by atoms with Crippen molar-refractivity contribution in [3.8, 4) is 11.8 Å². The highest BCUT2D eigenvalue weighted by Gasteiger charge is 1.94. The second-order valence-electron chi connectivity index (χ2n) is 5.94. The fraction of sp³-hybridized carbons (Fsp3) is 0.632. The van der Waals surface area contributed by atoms with E-state index in [0.717, 1.165) is 32.1 Å². The molecule has 128 valence electrons. The molecule has 1 aromatic heterocycles. The summed E-state index contributed by atoms with van der Waals surface area (Å²) in [7, 11) is 0. The van der Waals surface area contributed by atoms with Gasteiger partial charge in [-0.3, -0.25) is 4.98 Å². The summed E-state index contributed by atoms with van der Waals surface area (Å²) in [4.78, 5) is 4.10. The van der Waals surface area contributed by atoms with E-state index in [1.54, 1.807) is 6.20 Å². The largest absolute Gasteiger partial charge is 0.600 e. The summed E-state index contributed by atoms with van der Waals surface area (Å²) < 4.78 is 0. The third-order valence-electron chi connectivity index (χ3n) is 3.83. The molecule has 1 rings (SSSR count). The second-order valence-corrected chi connectivity index (χ2v) is 5.94. The summed E-state index contributed by atoms with van der Waals surface area (Å²) in [6, 6.07) is 4.06. The number of hydrogen-bond acceptors (Lipinski definition) is 3. The van der Waals surface area contributed by atoms with Gasteiger partial charge in [-0.1, -0.05) is 38.2 Å². The van der Waals surface area contributed by atoms with E-state index in [-0.39, 0.29) is 0 Å². The van der Waals surface area contributed by atoms with Gasteiger partial charge in [-0.05, 0) is 37.3 Å². The number of unbranched alkanes of at least 4 members (excludes halogenated alkanes) is 8. The van der Waals surface area contributed by atoms with Gasteiger partial charge in [0.05, 0.1) is 0 Å². The highest BCUT2D eigenvalue weighted by atomic mass is 16.8. The van der Waals surface area contributed by atoms with Crippen molar-refractivity contribution >= 4 is 0 Å². The molecule has 0 radical (unpaired) electrons. The topological polar surface area (TPSA) is 60.6 Å². The molecule has 0 amide bonds. The van der Waals surface area contributed by atoms with Crippen molar-refractivity contribution in [1.29, 1.82) is 0 Å². The monoisotopic (exact) mass is 318 g/mol. The lowest BCUT2D eigenvalue weighted by molar-refractivity contribution is -1.05. The van der Waals surface area contributed by atoms with Crippen LogP contribution < -0.4 is 5.23 Å². The van der Waals surface area contributed by atoms with E-state index >= 15 is 0 Å². The molecule has 0 aromatic carbocycles. The van der Waals surface area contributed by atoms with Crippen LogP contribution in [0.5, 0.6) is 0 Å². The van der Waals surface area contributed by atoms with Crippen molar-refractivity contribution in [2.75, 3.05) is 6.54 Å². The molecule has 0 saturated heterocycles. The molecule has 0 fully saturated rings. The van der Waals surface area contributed by atoms with Gasteiger partial charge in [0.2, 0.25) is 0 Å². The number of quaternary nitrogens is 1. The van der Waals surface area contributed by atoms with Gasteiger partial charge in [0, 0.05) is 25.2 Å². The number of nitrogens with zero attached hydrogens (tertiary/aromatic N) is 1. The van der Waals surface area contributed by atoms with E-state index in [1.165, 1.54) is 44.1 Å². The van der Waals surface area contributed by atoms with Crippen LogP contribution in [0.25, 0.3) is 0 Å². The molecule has 2 N–H and O–H groups in total. The van der Waals surface area contributed by atoms with E-state index in [4.69, 9.17) is 5.21 Å². The van der Waals surface area contributed by atoms with Crippen LogP contribution in [0.1, 0.15) is 69.8 Å². The van der Waals surface area contributed by atoms with Gasteiger partial charge in [-0.2, -0.15) is 0 Å². The lowest BCUT2D eigenvalue weighted by Gasteiger charge is -2.11. The highest BCUT2D eigenvalue weighted by Crippen LogP contribution is 2.09. The average Bonchev–Trinajstić information content (AvgIpc) is 2.56. The zero-order valence-corrected chi connectivity index (χ0v) is 14.1. The Hall–Kier alpha value is -1.41. The highest BCUT2D eigenvalue weighted by molar-refractivity contribution is 5.11. The maximum Gasteiger partial charge on any atom is 0.106 e. The molecule has 0 aliphatic heterocycles. The number of hydrogen-bond donors (Lipinski definition) is 2. The minimum absolute atomic E-state index is 0.319. The predicted octanol–water partition coefficient (Wildman–Crippen LogP) is 3.30. The first-order valence-electron chi connectivity index (χ1n) is 8.85. The normalized spacial score (nSPS) is 11.7. The van der Waals surface area contributed by atoms with Crippen molar-refractivity contribution in [2.45, 2.75) is 70.6 Å². The van der Waals surface area contributed by atoms with Gasteiger partial charge >= 0.3 is 0 Å². The standard InChI is InChI=1S/C19H30N2O2/c22-21(23)17-12-10-8-6-4-2-1-3-5-7-9-11-14-19-15-13-16-20-18-19/h13,15-16,18,21-22H,1-6,8,10-12,14,17H2. The average molecular weight is 318 g/mol. The first-order chi connectivity index (χ1) is 11.3. The van der Waals surface area contributed by atoms with Crippen molar-refractivity contribution in [3.05, 3.63) is 35.3 Å². The summed E-state index contributed by atoms with van der Waals surface area (Å²) in [5.74, 6) is 6.50. The van der Waals surface area contributed by atoms with Crippen LogP contribution in [0.3, 0.4) is 0 Å². The Morgan fingerprint density at radius 3 is 2.26 bits per heavy atom. The maximum atomic E-state index is 10.4. The second kappa shape index (κ2) is 14.2. The molecule has 0 spiro atoms. The quantitative estimate of drug-likeness (QED) is 0.353. The first-order valence-corrected chi connectivity index (χ1v) is 8.85. The van der Waals surface area contributed by atoms with Crippen molar-refractivity contribution in [1.82, 2.24) is 4.98 Å². The molecule has 1 aromatic rings. The third-order valence-corrected chi connectivity index (χ3v) is 3.83. The molecule has 1 heterocycles. The molecule has 1 unspecified atom stereocenters. The molecule has 1 atom stereocenters. The zero-order chi connectivity index (χ0) is 16.6. The molecule has 0 aliphatic rings. The van der Waals surface area contributed by atoms with Crippen LogP contribution in [0, 0.1) is 17.0 Å². The van der Waals surface area contributed by atoms with Crippen molar-refractivity contribution in [2.24, 2.45) is 0 Å². The zero-order valence-electron chi connectivity index (χ0n) is 14.1. The van der Waals surface area contributed by atoms with Crippen molar-refractivity contribution in [3.63, 3.8) is 0 Å². The Balaban J connectivity index is 1.82. The number of aromatic nitrogens is 1. The van der Waals surface area contributed by atoms with Gasteiger partial charge in [0.1, 0.15) is 6.54 Å². The summed E-state index contributed by atoms with van der Waals surface area (Å²) in [5.41, 5.74) is 1.25. The number of rotatable bonds is 12. The van der Waals surface area contributed by atoms with Gasteiger partial charge < -0.3 is 5.21 Å². The van der Waals surface area contributed by atoms with Gasteiger partial charge in [-0.15, -0.1) is 11.8 Å². The molecule has 4 nitrogen and oxygen atoms in total. The van der Waals surface area contributed by atoms with E-state index in [1.807, 2.05) is 12.3 Å². The lowest BCUT2D eigenvalue weighted by atomic mass is 10.1. The Morgan fingerprint density at radius 2 is 1.61 bits per heavy atom. The van der Waals surface area contributed by atoms with E-state index < -0.39 is 5.23 Å². The summed E-state index contributed by atoms with van der Waals surface area (Å²) >= 11 is 0. The van der Waals surface area contributed by atoms with Crippen LogP contribution >= 0.6 is 0 Å². The summed E-state index contributed by atoms with van der Waals surface area (Å²) in [5, 5.41) is 18.2. The molecule has 4 heteroatoms. The van der Waals surface area contributed by atoms with E-state index in [2.05, 4.69) is 22.9 Å². The lowest BCUT2D eigenvalue weighted by Crippen LogP contribution is -3.04. The maximum absolute atomic E-state index is 10.4. The summed E-state index contributed by atoms with van der Waals surface area (Å²) in [6.07, 6.45) is 15.9. The number of nitrogens with one attached hydrogen (secondary N) is 1. The SMILES string of the molecule is [O-][NH+](O)CCCCCCCCCCC#CCCc1cccnc1. The number of aryl methyl sites for hydroxylation is 1. The smallest absolute Gasteiger partial charge is 0.106 e. The molecule has 0 bridgehead atoms. The fourth-order valence-corrected chi connectivity index (χ4v) is 2.48. The van der Waals surface area contributed by atoms with Crippen LogP contribution in [-0.4, -0.2) is 16.7 Å².